The number of hydrogen-bond donors (Lipinski definition) is 4. The first kappa shape index (κ1) is 6.91. The van der Waals surface area contributed by atoms with Crippen LogP contribution in [0.3, 0.4) is 0 Å². The predicted octanol–water partition coefficient (Wildman–Crippen LogP) is -2.44. The van der Waals surface area contributed by atoms with E-state index in [-0.39, 0.29) is 6.61 Å². The Morgan fingerprint density at radius 1 is 1.44 bits per heavy atom. The summed E-state index contributed by atoms with van der Waals surface area (Å²) in [7, 11) is 0. The number of nitrogens with one attached hydrogen (secondary N) is 1. The van der Waals surface area contributed by atoms with E-state index in [0.717, 1.165) is 0 Å². The Morgan fingerprint density at radius 2 is 2.11 bits per heavy atom. The third kappa shape index (κ3) is 1.20. The molecule has 5 heteroatoms. The summed E-state index contributed by atoms with van der Waals surface area (Å²) in [6.07, 6.45) is -2.82. The van der Waals surface area contributed by atoms with Crippen LogP contribution in [0.1, 0.15) is 0 Å². The van der Waals surface area contributed by atoms with Crippen LogP contribution in [-0.2, 0) is 4.84 Å². The summed E-state index contributed by atoms with van der Waals surface area (Å²) in [4.78, 5) is 4.53. The molecule has 0 aliphatic carbocycles. The topological polar surface area (TPSA) is 82.0 Å². The summed E-state index contributed by atoms with van der Waals surface area (Å²) < 4.78 is 0. The third-order valence-electron chi connectivity index (χ3n) is 1.22. The van der Waals surface area contributed by atoms with E-state index in [1.165, 1.54) is 0 Å². The van der Waals surface area contributed by atoms with Crippen LogP contribution < -0.4 is 5.48 Å². The van der Waals surface area contributed by atoms with Crippen molar-refractivity contribution in [3.05, 3.63) is 0 Å². The van der Waals surface area contributed by atoms with E-state index >= 15 is 0 Å². The van der Waals surface area contributed by atoms with E-state index in [4.69, 9.17) is 15.3 Å². The van der Waals surface area contributed by atoms with Crippen LogP contribution in [0.5, 0.6) is 0 Å². The Bertz CT molecular complexity index is 98.6. The first-order chi connectivity index (χ1) is 4.25. The van der Waals surface area contributed by atoms with Gasteiger partial charge in [-0.25, -0.2) is 0 Å². The third-order valence-corrected chi connectivity index (χ3v) is 1.22. The van der Waals surface area contributed by atoms with Crippen molar-refractivity contribution in [3.8, 4) is 0 Å². The highest BCUT2D eigenvalue weighted by molar-refractivity contribution is 4.76. The normalized spacial score (nSPS) is 43.7. The minimum Gasteiger partial charge on any atom is -0.393 e. The maximum atomic E-state index is 8.86. The van der Waals surface area contributed by atoms with E-state index in [1.807, 2.05) is 0 Å². The number of aliphatic hydroxyl groups excluding tert-OH is 3. The van der Waals surface area contributed by atoms with Gasteiger partial charge in [0.05, 0.1) is 6.61 Å². The molecular formula is C4H9NO4. The van der Waals surface area contributed by atoms with Crippen LogP contribution in [0.15, 0.2) is 0 Å². The molecule has 0 aromatic heterocycles. The Kier molecular flexibility index (Phi) is 1.99. The Morgan fingerprint density at radius 3 is 2.33 bits per heavy atom. The molecule has 9 heavy (non-hydrogen) atoms. The van der Waals surface area contributed by atoms with Gasteiger partial charge in [-0.2, -0.15) is 5.48 Å². The fourth-order valence-electron chi connectivity index (χ4n) is 0.645. The van der Waals surface area contributed by atoms with Gasteiger partial charge in [-0.3, -0.25) is 4.84 Å². The van der Waals surface area contributed by atoms with Gasteiger partial charge in [-0.15, -0.1) is 0 Å². The molecule has 4 N–H and O–H groups in total. The fraction of sp³-hybridized carbons (Fsp3) is 1.00. The molecule has 1 fully saturated rings. The van der Waals surface area contributed by atoms with Crippen molar-refractivity contribution in [1.82, 2.24) is 5.48 Å². The highest BCUT2D eigenvalue weighted by atomic mass is 16.7. The monoisotopic (exact) mass is 135 g/mol. The van der Waals surface area contributed by atoms with Crippen molar-refractivity contribution in [2.45, 2.75) is 18.4 Å². The van der Waals surface area contributed by atoms with E-state index in [2.05, 4.69) is 10.3 Å². The van der Waals surface area contributed by atoms with Crippen molar-refractivity contribution >= 4 is 0 Å². The average molecular weight is 135 g/mol. The van der Waals surface area contributed by atoms with Gasteiger partial charge in [0.1, 0.15) is 12.2 Å². The van der Waals surface area contributed by atoms with Gasteiger partial charge in [-0.1, -0.05) is 0 Å². The van der Waals surface area contributed by atoms with Crippen molar-refractivity contribution < 1.29 is 20.2 Å². The van der Waals surface area contributed by atoms with Crippen molar-refractivity contribution in [1.29, 1.82) is 0 Å². The molecule has 1 heterocycles. The molecule has 1 rings (SSSR count). The molecule has 1 saturated heterocycles. The van der Waals surface area contributed by atoms with Gasteiger partial charge in [0.25, 0.3) is 0 Å². The lowest BCUT2D eigenvalue weighted by Gasteiger charge is -2.07. The smallest absolute Gasteiger partial charge is 0.155 e. The molecule has 0 amide bonds. The zero-order valence-electron chi connectivity index (χ0n) is 4.69. The van der Waals surface area contributed by atoms with Gasteiger partial charge < -0.3 is 15.3 Å². The zero-order chi connectivity index (χ0) is 6.85. The quantitative estimate of drug-likeness (QED) is 0.321. The second kappa shape index (κ2) is 2.59. The standard InChI is InChI=1S/C4H9NO4/c6-1-2-3(7)4(8)5-9-2/h2-8H,1H2. The van der Waals surface area contributed by atoms with E-state index < -0.39 is 18.4 Å². The summed E-state index contributed by atoms with van der Waals surface area (Å²) in [5.74, 6) is 0. The minimum absolute atomic E-state index is 0.300. The highest BCUT2D eigenvalue weighted by Crippen LogP contribution is 2.07. The molecule has 54 valence electrons. The lowest BCUT2D eigenvalue weighted by atomic mass is 10.2. The van der Waals surface area contributed by atoms with E-state index in [1.54, 1.807) is 0 Å². The van der Waals surface area contributed by atoms with Crippen LogP contribution >= 0.6 is 0 Å². The van der Waals surface area contributed by atoms with Crippen LogP contribution in [-0.4, -0.2) is 40.4 Å². The second-order valence-corrected chi connectivity index (χ2v) is 1.89. The van der Waals surface area contributed by atoms with Crippen LogP contribution in [0, 0.1) is 0 Å². The molecule has 0 saturated carbocycles. The number of hydrogen-bond acceptors (Lipinski definition) is 5. The molecule has 5 nitrogen and oxygen atoms in total. The molecule has 1 aliphatic rings. The first-order valence-corrected chi connectivity index (χ1v) is 2.64. The summed E-state index contributed by atoms with van der Waals surface area (Å²) in [5.41, 5.74) is 2.12. The summed E-state index contributed by atoms with van der Waals surface area (Å²) >= 11 is 0. The molecule has 3 atom stereocenters. The maximum absolute atomic E-state index is 8.86. The zero-order valence-corrected chi connectivity index (χ0v) is 4.69. The van der Waals surface area contributed by atoms with Crippen molar-refractivity contribution in [3.63, 3.8) is 0 Å². The summed E-state index contributed by atoms with van der Waals surface area (Å²) in [6, 6.07) is 0. The average Bonchev–Trinajstić information content (AvgIpc) is 2.15. The number of aliphatic hydroxyl groups is 3. The number of hydroxylamine groups is 1. The van der Waals surface area contributed by atoms with E-state index in [9.17, 15) is 0 Å². The SMILES string of the molecule is OCC1ONC(O)C1O. The molecule has 0 aromatic carbocycles. The Balaban J connectivity index is 2.41. The molecule has 1 aliphatic heterocycles. The largest absolute Gasteiger partial charge is 0.393 e. The molecular weight excluding hydrogens is 126 g/mol. The Hall–Kier alpha value is -0.200. The predicted molar refractivity (Wildman–Crippen MR) is 27.1 cm³/mol. The van der Waals surface area contributed by atoms with Gasteiger partial charge in [-0.05, 0) is 0 Å². The molecule has 3 unspecified atom stereocenters. The molecule has 0 spiro atoms. The minimum atomic E-state index is -1.08. The van der Waals surface area contributed by atoms with Gasteiger partial charge in [0.15, 0.2) is 6.23 Å². The van der Waals surface area contributed by atoms with Crippen LogP contribution in [0.2, 0.25) is 0 Å². The van der Waals surface area contributed by atoms with Gasteiger partial charge >= 0.3 is 0 Å². The van der Waals surface area contributed by atoms with Crippen molar-refractivity contribution in [2.75, 3.05) is 6.61 Å². The molecule has 0 aromatic rings. The lowest BCUT2D eigenvalue weighted by Crippen LogP contribution is -2.33. The van der Waals surface area contributed by atoms with E-state index in [0.29, 0.717) is 0 Å². The number of rotatable bonds is 1. The highest BCUT2D eigenvalue weighted by Gasteiger charge is 2.33. The lowest BCUT2D eigenvalue weighted by molar-refractivity contribution is -0.0322. The Labute approximate surface area is 51.8 Å². The fourth-order valence-corrected chi connectivity index (χ4v) is 0.645. The second-order valence-electron chi connectivity index (χ2n) is 1.89. The van der Waals surface area contributed by atoms with Gasteiger partial charge in [0, 0.05) is 0 Å². The van der Waals surface area contributed by atoms with Gasteiger partial charge in [0.2, 0.25) is 0 Å². The van der Waals surface area contributed by atoms with Crippen LogP contribution in [0.4, 0.5) is 0 Å². The first-order valence-electron chi connectivity index (χ1n) is 2.64. The van der Waals surface area contributed by atoms with Crippen LogP contribution in [0.25, 0.3) is 0 Å². The summed E-state index contributed by atoms with van der Waals surface area (Å²) in [6.45, 7) is -0.300. The molecule has 0 radical (unpaired) electrons. The summed E-state index contributed by atoms with van der Waals surface area (Å²) in [5, 5.41) is 26.0. The maximum Gasteiger partial charge on any atom is 0.155 e. The molecule has 0 bridgehead atoms. The van der Waals surface area contributed by atoms with Crippen molar-refractivity contribution in [2.24, 2.45) is 0 Å².